The molecule has 2 amide bonds. The van der Waals surface area contributed by atoms with E-state index >= 15 is 0 Å². The van der Waals surface area contributed by atoms with Gasteiger partial charge in [-0.15, -0.1) is 0 Å². The number of amides is 2. The Morgan fingerprint density at radius 3 is 2.77 bits per heavy atom. The molecule has 3 rings (SSSR count). The second-order valence-electron chi connectivity index (χ2n) is 5.13. The van der Waals surface area contributed by atoms with Crippen LogP contribution < -0.4 is 15.0 Å². The molecule has 0 atom stereocenters. The quantitative estimate of drug-likeness (QED) is 0.945. The Bertz CT molecular complexity index is 713. The summed E-state index contributed by atoms with van der Waals surface area (Å²) in [6.45, 7) is 0.0449. The van der Waals surface area contributed by atoms with E-state index in [2.05, 4.69) is 5.32 Å². The van der Waals surface area contributed by atoms with Crippen molar-refractivity contribution in [1.82, 2.24) is 0 Å². The van der Waals surface area contributed by atoms with Crippen LogP contribution in [0, 0.1) is 0 Å². The molecule has 0 aromatic heterocycles. The first kappa shape index (κ1) is 14.1. The summed E-state index contributed by atoms with van der Waals surface area (Å²) < 4.78 is 5.36. The van der Waals surface area contributed by atoms with Crippen molar-refractivity contribution in [2.75, 3.05) is 23.9 Å². The van der Waals surface area contributed by atoms with E-state index in [1.807, 2.05) is 30.3 Å². The number of benzene rings is 2. The maximum absolute atomic E-state index is 12.1. The van der Waals surface area contributed by atoms with Crippen LogP contribution in [-0.4, -0.2) is 25.5 Å². The van der Waals surface area contributed by atoms with E-state index in [4.69, 9.17) is 4.74 Å². The monoisotopic (exact) mass is 296 g/mol. The first-order valence-corrected chi connectivity index (χ1v) is 7.00. The Hall–Kier alpha value is -2.82. The maximum Gasteiger partial charge on any atom is 0.264 e. The molecule has 2 aromatic carbocycles. The van der Waals surface area contributed by atoms with Crippen LogP contribution in [0.1, 0.15) is 5.56 Å². The molecule has 0 bridgehead atoms. The highest BCUT2D eigenvalue weighted by molar-refractivity contribution is 5.99. The normalized spacial score (nSPS) is 13.3. The predicted octanol–water partition coefficient (Wildman–Crippen LogP) is 2.22. The van der Waals surface area contributed by atoms with E-state index in [9.17, 15) is 9.59 Å². The molecule has 22 heavy (non-hydrogen) atoms. The van der Waals surface area contributed by atoms with Crippen LogP contribution in [-0.2, 0) is 16.0 Å². The maximum atomic E-state index is 12.1. The van der Waals surface area contributed by atoms with Gasteiger partial charge in [0.1, 0.15) is 5.75 Å². The average Bonchev–Trinajstić information content (AvgIpc) is 2.52. The number of hydrogen-bond donors (Lipinski definition) is 1. The third-order valence-corrected chi connectivity index (χ3v) is 3.54. The molecule has 0 unspecified atom stereocenters. The molecule has 0 saturated carbocycles. The minimum atomic E-state index is -0.111. The van der Waals surface area contributed by atoms with Gasteiger partial charge in [-0.2, -0.15) is 0 Å². The number of nitrogens with one attached hydrogen (secondary N) is 1. The van der Waals surface area contributed by atoms with Crippen molar-refractivity contribution in [2.24, 2.45) is 0 Å². The molecule has 5 heteroatoms. The van der Waals surface area contributed by atoms with Crippen LogP contribution in [0.4, 0.5) is 11.4 Å². The number of carbonyl (C=O) groups is 2. The SMILES string of the molecule is CN1C(=O)COc2ccc(NC(=O)Cc3ccccc3)cc21. The molecule has 1 aliphatic heterocycles. The molecule has 1 heterocycles. The molecule has 0 radical (unpaired) electrons. The lowest BCUT2D eigenvalue weighted by Crippen LogP contribution is -2.35. The Morgan fingerprint density at radius 2 is 2.00 bits per heavy atom. The van der Waals surface area contributed by atoms with Crippen LogP contribution in [0.15, 0.2) is 48.5 Å². The van der Waals surface area contributed by atoms with Crippen molar-refractivity contribution in [3.63, 3.8) is 0 Å². The van der Waals surface area contributed by atoms with Crippen LogP contribution in [0.2, 0.25) is 0 Å². The molecular formula is C17H16N2O3. The number of ether oxygens (including phenoxy) is 1. The zero-order valence-electron chi connectivity index (χ0n) is 12.2. The zero-order chi connectivity index (χ0) is 15.5. The van der Waals surface area contributed by atoms with Crippen molar-refractivity contribution in [2.45, 2.75) is 6.42 Å². The van der Waals surface area contributed by atoms with E-state index < -0.39 is 0 Å². The Kier molecular flexibility index (Phi) is 3.78. The third-order valence-electron chi connectivity index (χ3n) is 3.54. The summed E-state index contributed by atoms with van der Waals surface area (Å²) in [5.41, 5.74) is 2.26. The van der Waals surface area contributed by atoms with Gasteiger partial charge in [0, 0.05) is 12.7 Å². The Balaban J connectivity index is 1.73. The second kappa shape index (κ2) is 5.89. The first-order chi connectivity index (χ1) is 10.6. The van der Waals surface area contributed by atoms with E-state index in [1.54, 1.807) is 25.2 Å². The molecule has 1 N–H and O–H groups in total. The number of rotatable bonds is 3. The van der Waals surface area contributed by atoms with Crippen LogP contribution in [0.25, 0.3) is 0 Å². The van der Waals surface area contributed by atoms with Crippen LogP contribution >= 0.6 is 0 Å². The zero-order valence-corrected chi connectivity index (χ0v) is 12.2. The van der Waals surface area contributed by atoms with Crippen molar-refractivity contribution < 1.29 is 14.3 Å². The predicted molar refractivity (Wildman–Crippen MR) is 84.1 cm³/mol. The van der Waals surface area contributed by atoms with Gasteiger partial charge in [0.15, 0.2) is 6.61 Å². The van der Waals surface area contributed by atoms with Gasteiger partial charge in [0.05, 0.1) is 12.1 Å². The third kappa shape index (κ3) is 2.93. The van der Waals surface area contributed by atoms with Gasteiger partial charge in [0.2, 0.25) is 5.91 Å². The van der Waals surface area contributed by atoms with E-state index in [1.165, 1.54) is 4.90 Å². The fourth-order valence-electron chi connectivity index (χ4n) is 2.34. The lowest BCUT2D eigenvalue weighted by Gasteiger charge is -2.26. The molecule has 5 nitrogen and oxygen atoms in total. The number of anilines is 2. The first-order valence-electron chi connectivity index (χ1n) is 7.00. The lowest BCUT2D eigenvalue weighted by molar-refractivity contribution is -0.121. The molecule has 1 aliphatic rings. The van der Waals surface area contributed by atoms with Crippen molar-refractivity contribution in [1.29, 1.82) is 0 Å². The number of hydrogen-bond acceptors (Lipinski definition) is 3. The van der Waals surface area contributed by atoms with E-state index in [-0.39, 0.29) is 18.4 Å². The summed E-state index contributed by atoms with van der Waals surface area (Å²) in [5.74, 6) is 0.431. The Morgan fingerprint density at radius 1 is 1.23 bits per heavy atom. The number of nitrogens with zero attached hydrogens (tertiary/aromatic N) is 1. The minimum Gasteiger partial charge on any atom is -0.482 e. The molecule has 112 valence electrons. The summed E-state index contributed by atoms with van der Waals surface area (Å²) in [6.07, 6.45) is 0.309. The average molecular weight is 296 g/mol. The highest BCUT2D eigenvalue weighted by Gasteiger charge is 2.22. The van der Waals surface area contributed by atoms with E-state index in [0.717, 1.165) is 5.56 Å². The number of carbonyl (C=O) groups excluding carboxylic acids is 2. The minimum absolute atomic E-state index is 0.0449. The fraction of sp³-hybridized carbons (Fsp3) is 0.176. The highest BCUT2D eigenvalue weighted by Crippen LogP contribution is 2.33. The lowest BCUT2D eigenvalue weighted by atomic mass is 10.1. The second-order valence-corrected chi connectivity index (χ2v) is 5.13. The molecular weight excluding hydrogens is 280 g/mol. The fourth-order valence-corrected chi connectivity index (χ4v) is 2.34. The van der Waals surface area contributed by atoms with Crippen molar-refractivity contribution >= 4 is 23.2 Å². The highest BCUT2D eigenvalue weighted by atomic mass is 16.5. The van der Waals surface area contributed by atoms with Gasteiger partial charge in [-0.25, -0.2) is 0 Å². The van der Waals surface area contributed by atoms with Crippen molar-refractivity contribution in [3.05, 3.63) is 54.1 Å². The summed E-state index contributed by atoms with van der Waals surface area (Å²) in [6, 6.07) is 14.8. The van der Waals surface area contributed by atoms with Gasteiger partial charge in [-0.3, -0.25) is 9.59 Å². The summed E-state index contributed by atoms with van der Waals surface area (Å²) in [4.78, 5) is 25.3. The number of fused-ring (bicyclic) bond motifs is 1. The van der Waals surface area contributed by atoms with Gasteiger partial charge < -0.3 is 15.0 Å². The van der Waals surface area contributed by atoms with Crippen LogP contribution in [0.3, 0.4) is 0 Å². The summed E-state index contributed by atoms with van der Waals surface area (Å²) in [7, 11) is 1.69. The van der Waals surface area contributed by atoms with Gasteiger partial charge in [-0.05, 0) is 23.8 Å². The van der Waals surface area contributed by atoms with Gasteiger partial charge in [-0.1, -0.05) is 30.3 Å². The molecule has 0 aliphatic carbocycles. The molecule has 0 saturated heterocycles. The van der Waals surface area contributed by atoms with Gasteiger partial charge >= 0.3 is 0 Å². The van der Waals surface area contributed by atoms with Crippen molar-refractivity contribution in [3.8, 4) is 5.75 Å². The topological polar surface area (TPSA) is 58.6 Å². The Labute approximate surface area is 128 Å². The number of likely N-dealkylation sites (N-methyl/N-ethyl adjacent to an activating group) is 1. The standard InChI is InChI=1S/C17H16N2O3/c1-19-14-10-13(7-8-15(14)22-11-17(19)21)18-16(20)9-12-5-3-2-4-6-12/h2-8,10H,9,11H2,1H3,(H,18,20). The molecule has 2 aromatic rings. The van der Waals surface area contributed by atoms with Crippen LogP contribution in [0.5, 0.6) is 5.75 Å². The smallest absolute Gasteiger partial charge is 0.264 e. The summed E-state index contributed by atoms with van der Waals surface area (Å²) >= 11 is 0. The van der Waals surface area contributed by atoms with E-state index in [0.29, 0.717) is 23.5 Å². The summed E-state index contributed by atoms with van der Waals surface area (Å²) in [5, 5.41) is 2.84. The molecule has 0 spiro atoms. The van der Waals surface area contributed by atoms with Gasteiger partial charge in [0.25, 0.3) is 5.91 Å². The molecule has 0 fully saturated rings. The largest absolute Gasteiger partial charge is 0.482 e.